The molecule has 1 heterocycles. The maximum Gasteiger partial charge on any atom is 0.0897 e. The van der Waals surface area contributed by atoms with Crippen molar-refractivity contribution in [3.63, 3.8) is 0 Å². The van der Waals surface area contributed by atoms with E-state index >= 15 is 0 Å². The molecule has 0 aliphatic carbocycles. The summed E-state index contributed by atoms with van der Waals surface area (Å²) < 4.78 is 11.9. The number of nitrogens with two attached hydrogens (primary N) is 1. The average molecular weight is 146 g/mol. The van der Waals surface area contributed by atoms with Crippen molar-refractivity contribution in [1.29, 1.82) is 0 Å². The van der Waals surface area contributed by atoms with Crippen LogP contribution in [-0.4, -0.2) is 25.8 Å². The fraction of sp³-hybridized carbons (Fsp3) is 1.00. The third-order valence-electron chi connectivity index (χ3n) is 2.22. The van der Waals surface area contributed by atoms with Gasteiger partial charge >= 0.3 is 0 Å². The van der Waals surface area contributed by atoms with Crippen LogP contribution in [0.15, 0.2) is 0 Å². The molecule has 1 rings (SSSR count). The van der Waals surface area contributed by atoms with Crippen LogP contribution >= 0.6 is 0 Å². The molecule has 0 amide bonds. The minimum absolute atomic E-state index is 0.206. The molecule has 1 saturated heterocycles. The summed E-state index contributed by atoms with van der Waals surface area (Å²) in [5.41, 5.74) is 5.47. The molecule has 0 bridgehead atoms. The Morgan fingerprint density at radius 1 is 1.60 bits per heavy atom. The predicted molar refractivity (Wildman–Crippen MR) is 39.5 cm³/mol. The highest BCUT2D eigenvalue weighted by atomic mass is 19.1. The van der Waals surface area contributed by atoms with Gasteiger partial charge in [0, 0.05) is 12.6 Å². The Bertz CT molecular complexity index is 97.6. The van der Waals surface area contributed by atoms with Crippen LogP contribution in [-0.2, 0) is 0 Å². The molecule has 10 heavy (non-hydrogen) atoms. The van der Waals surface area contributed by atoms with E-state index in [1.54, 1.807) is 0 Å². The topological polar surface area (TPSA) is 38.0 Å². The molecule has 0 aromatic carbocycles. The fourth-order valence-electron chi connectivity index (χ4n) is 1.58. The molecular formula is C7H15FN2. The van der Waals surface area contributed by atoms with Gasteiger partial charge in [-0.3, -0.25) is 4.39 Å². The second-order valence-electron chi connectivity index (χ2n) is 2.82. The van der Waals surface area contributed by atoms with Gasteiger partial charge in [0.15, 0.2) is 0 Å². The SMILES string of the molecule is NCC1NCCC1CCF. The van der Waals surface area contributed by atoms with Gasteiger partial charge < -0.3 is 11.1 Å². The van der Waals surface area contributed by atoms with Gasteiger partial charge in [-0.1, -0.05) is 0 Å². The molecule has 0 saturated carbocycles. The molecule has 1 fully saturated rings. The quantitative estimate of drug-likeness (QED) is 0.600. The van der Waals surface area contributed by atoms with Crippen molar-refractivity contribution >= 4 is 0 Å². The Hall–Kier alpha value is -0.150. The van der Waals surface area contributed by atoms with E-state index in [0.717, 1.165) is 13.0 Å². The van der Waals surface area contributed by atoms with Crippen LogP contribution in [0.25, 0.3) is 0 Å². The third-order valence-corrected chi connectivity index (χ3v) is 2.22. The molecule has 0 spiro atoms. The highest BCUT2D eigenvalue weighted by Gasteiger charge is 2.24. The average Bonchev–Trinajstić information content (AvgIpc) is 2.36. The first-order chi connectivity index (χ1) is 4.88. The van der Waals surface area contributed by atoms with E-state index in [2.05, 4.69) is 5.32 Å². The Morgan fingerprint density at radius 2 is 2.40 bits per heavy atom. The first-order valence-corrected chi connectivity index (χ1v) is 3.88. The lowest BCUT2D eigenvalue weighted by Gasteiger charge is -2.15. The molecule has 60 valence electrons. The number of halogens is 1. The standard InChI is InChI=1S/C7H15FN2/c8-3-1-6-2-4-10-7(6)5-9/h6-7,10H,1-5,9H2. The summed E-state index contributed by atoms with van der Waals surface area (Å²) in [6.07, 6.45) is 1.76. The number of rotatable bonds is 3. The van der Waals surface area contributed by atoms with Crippen LogP contribution in [0.2, 0.25) is 0 Å². The van der Waals surface area contributed by atoms with Gasteiger partial charge in [0.1, 0.15) is 0 Å². The van der Waals surface area contributed by atoms with Crippen molar-refractivity contribution in [3.8, 4) is 0 Å². The van der Waals surface area contributed by atoms with Crippen molar-refractivity contribution in [1.82, 2.24) is 5.32 Å². The molecular weight excluding hydrogens is 131 g/mol. The molecule has 2 atom stereocenters. The smallest absolute Gasteiger partial charge is 0.0897 e. The summed E-state index contributed by atoms with van der Waals surface area (Å²) in [6, 6.07) is 0.371. The molecule has 0 aromatic rings. The predicted octanol–water partition coefficient (Wildman–Crippen LogP) is 0.283. The molecule has 3 heteroatoms. The van der Waals surface area contributed by atoms with Crippen LogP contribution in [0, 0.1) is 5.92 Å². The summed E-state index contributed by atoms with van der Waals surface area (Å²) >= 11 is 0. The zero-order chi connectivity index (χ0) is 7.40. The van der Waals surface area contributed by atoms with Crippen LogP contribution in [0.1, 0.15) is 12.8 Å². The minimum atomic E-state index is -0.206. The summed E-state index contributed by atoms with van der Waals surface area (Å²) in [6.45, 7) is 1.44. The van der Waals surface area contributed by atoms with E-state index in [0.29, 0.717) is 24.9 Å². The summed E-state index contributed by atoms with van der Waals surface area (Å²) in [7, 11) is 0. The number of nitrogens with one attached hydrogen (secondary N) is 1. The molecule has 0 aromatic heterocycles. The Morgan fingerprint density at radius 3 is 3.00 bits per heavy atom. The van der Waals surface area contributed by atoms with Crippen LogP contribution < -0.4 is 11.1 Å². The summed E-state index contributed by atoms with van der Waals surface area (Å²) in [4.78, 5) is 0. The molecule has 2 unspecified atom stereocenters. The van der Waals surface area contributed by atoms with Crippen molar-refractivity contribution in [2.45, 2.75) is 18.9 Å². The highest BCUT2D eigenvalue weighted by molar-refractivity contribution is 4.83. The molecule has 0 radical (unpaired) electrons. The number of alkyl halides is 1. The maximum absolute atomic E-state index is 11.9. The van der Waals surface area contributed by atoms with Crippen molar-refractivity contribution in [2.75, 3.05) is 19.8 Å². The van der Waals surface area contributed by atoms with E-state index in [1.165, 1.54) is 0 Å². The molecule has 2 nitrogen and oxygen atoms in total. The van der Waals surface area contributed by atoms with Crippen molar-refractivity contribution in [2.24, 2.45) is 11.7 Å². The van der Waals surface area contributed by atoms with Crippen molar-refractivity contribution in [3.05, 3.63) is 0 Å². The lowest BCUT2D eigenvalue weighted by atomic mass is 9.98. The van der Waals surface area contributed by atoms with Crippen LogP contribution in [0.5, 0.6) is 0 Å². The van der Waals surface area contributed by atoms with Crippen LogP contribution in [0.4, 0.5) is 4.39 Å². The van der Waals surface area contributed by atoms with Gasteiger partial charge in [0.05, 0.1) is 6.67 Å². The monoisotopic (exact) mass is 146 g/mol. The first kappa shape index (κ1) is 7.95. The van der Waals surface area contributed by atoms with E-state index < -0.39 is 0 Å². The molecule has 1 aliphatic heterocycles. The van der Waals surface area contributed by atoms with Gasteiger partial charge in [0.2, 0.25) is 0 Å². The number of hydrogen-bond acceptors (Lipinski definition) is 2. The van der Waals surface area contributed by atoms with Gasteiger partial charge in [-0.15, -0.1) is 0 Å². The highest BCUT2D eigenvalue weighted by Crippen LogP contribution is 2.18. The van der Waals surface area contributed by atoms with E-state index in [9.17, 15) is 4.39 Å². The lowest BCUT2D eigenvalue weighted by Crippen LogP contribution is -2.34. The van der Waals surface area contributed by atoms with Gasteiger partial charge in [-0.25, -0.2) is 0 Å². The normalized spacial score (nSPS) is 33.0. The zero-order valence-corrected chi connectivity index (χ0v) is 6.15. The third kappa shape index (κ3) is 1.67. The molecule has 1 aliphatic rings. The fourth-order valence-corrected chi connectivity index (χ4v) is 1.58. The minimum Gasteiger partial charge on any atom is -0.329 e. The zero-order valence-electron chi connectivity index (χ0n) is 6.15. The Labute approximate surface area is 61.0 Å². The second-order valence-corrected chi connectivity index (χ2v) is 2.82. The van der Waals surface area contributed by atoms with E-state index in [-0.39, 0.29) is 6.67 Å². The Balaban J connectivity index is 2.27. The first-order valence-electron chi connectivity index (χ1n) is 3.88. The second kappa shape index (κ2) is 3.88. The van der Waals surface area contributed by atoms with Crippen LogP contribution in [0.3, 0.4) is 0 Å². The molecule has 3 N–H and O–H groups in total. The largest absolute Gasteiger partial charge is 0.329 e. The Kier molecular flexibility index (Phi) is 3.09. The van der Waals surface area contributed by atoms with Gasteiger partial charge in [-0.2, -0.15) is 0 Å². The van der Waals surface area contributed by atoms with E-state index in [1.807, 2.05) is 0 Å². The number of hydrogen-bond donors (Lipinski definition) is 2. The summed E-state index contributed by atoms with van der Waals surface area (Å²) in [5.74, 6) is 0.481. The van der Waals surface area contributed by atoms with E-state index in [4.69, 9.17) is 5.73 Å². The summed E-state index contributed by atoms with van der Waals surface area (Å²) in [5, 5.41) is 3.25. The van der Waals surface area contributed by atoms with Gasteiger partial charge in [-0.05, 0) is 25.3 Å². The van der Waals surface area contributed by atoms with Crippen molar-refractivity contribution < 1.29 is 4.39 Å². The maximum atomic E-state index is 11.9. The van der Waals surface area contributed by atoms with Gasteiger partial charge in [0.25, 0.3) is 0 Å². The lowest BCUT2D eigenvalue weighted by molar-refractivity contribution is 0.359.